The molecule has 0 bridgehead atoms. The van der Waals surface area contributed by atoms with Gasteiger partial charge in [0.2, 0.25) is 0 Å². The van der Waals surface area contributed by atoms with Gasteiger partial charge < -0.3 is 16.3 Å². The number of urea groups is 1. The minimum atomic E-state index is -0.299. The van der Waals surface area contributed by atoms with E-state index in [0.717, 1.165) is 25.7 Å². The smallest absolute Gasteiger partial charge is 0.320 e. The summed E-state index contributed by atoms with van der Waals surface area (Å²) in [5.74, 6) is 0.305. The fraction of sp³-hybridized carbons (Fsp3) is 0.583. The number of carbonyl (C=O) groups excluding carboxylic acids is 1. The van der Waals surface area contributed by atoms with Gasteiger partial charge >= 0.3 is 6.03 Å². The summed E-state index contributed by atoms with van der Waals surface area (Å²) >= 11 is 0. The van der Waals surface area contributed by atoms with Crippen LogP contribution >= 0.6 is 0 Å². The van der Waals surface area contributed by atoms with Gasteiger partial charge in [0.1, 0.15) is 5.82 Å². The van der Waals surface area contributed by atoms with Crippen LogP contribution in [0.4, 0.5) is 10.6 Å². The van der Waals surface area contributed by atoms with Crippen molar-refractivity contribution in [3.05, 3.63) is 11.8 Å². The number of hydrogen-bond donors (Lipinski definition) is 4. The summed E-state index contributed by atoms with van der Waals surface area (Å²) in [6.45, 7) is 0. The molecule has 20 heavy (non-hydrogen) atoms. The molecule has 0 saturated heterocycles. The van der Waals surface area contributed by atoms with Crippen LogP contribution in [-0.4, -0.2) is 32.9 Å². The van der Waals surface area contributed by atoms with Gasteiger partial charge in [-0.1, -0.05) is 24.4 Å². The monoisotopic (exact) mass is 280 g/mol. The minimum Gasteiger partial charge on any atom is -0.409 e. The average Bonchev–Trinajstić information content (AvgIpc) is 2.80. The molecule has 1 heterocycles. The van der Waals surface area contributed by atoms with Crippen molar-refractivity contribution in [3.63, 3.8) is 0 Å². The van der Waals surface area contributed by atoms with Crippen LogP contribution in [0.5, 0.6) is 0 Å². The third-order valence-corrected chi connectivity index (χ3v) is 3.49. The largest absolute Gasteiger partial charge is 0.409 e. The highest BCUT2D eigenvalue weighted by atomic mass is 16.4. The highest BCUT2D eigenvalue weighted by Crippen LogP contribution is 2.18. The summed E-state index contributed by atoms with van der Waals surface area (Å²) in [6, 6.07) is -0.0863. The van der Waals surface area contributed by atoms with Crippen molar-refractivity contribution < 1.29 is 10.0 Å². The molecule has 0 atom stereocenters. The number of rotatable bonds is 3. The van der Waals surface area contributed by atoms with Gasteiger partial charge in [-0.15, -0.1) is 0 Å². The lowest BCUT2D eigenvalue weighted by Crippen LogP contribution is -2.39. The highest BCUT2D eigenvalue weighted by molar-refractivity contribution is 6.04. The van der Waals surface area contributed by atoms with Gasteiger partial charge in [0.15, 0.2) is 5.84 Å². The summed E-state index contributed by atoms with van der Waals surface area (Å²) < 4.78 is 1.47. The molecule has 2 rings (SSSR count). The molecule has 1 saturated carbocycles. The van der Waals surface area contributed by atoms with Crippen molar-refractivity contribution >= 4 is 17.7 Å². The Bertz CT molecular complexity index is 504. The number of carbonyl (C=O) groups is 1. The first-order valence-electron chi connectivity index (χ1n) is 6.69. The van der Waals surface area contributed by atoms with E-state index in [9.17, 15) is 4.79 Å². The SMILES string of the molecule is Cn1ncc(C(N)=NO)c1NC(=O)NC1CCCCC1. The Morgan fingerprint density at radius 1 is 1.50 bits per heavy atom. The minimum absolute atomic E-state index is 0.0916. The first-order chi connectivity index (χ1) is 9.61. The van der Waals surface area contributed by atoms with E-state index in [2.05, 4.69) is 20.9 Å². The number of hydrogen-bond acceptors (Lipinski definition) is 4. The van der Waals surface area contributed by atoms with E-state index in [4.69, 9.17) is 10.9 Å². The Kier molecular flexibility index (Phi) is 4.44. The van der Waals surface area contributed by atoms with Crippen molar-refractivity contribution in [2.24, 2.45) is 17.9 Å². The Morgan fingerprint density at radius 2 is 2.20 bits per heavy atom. The maximum absolute atomic E-state index is 12.0. The molecule has 5 N–H and O–H groups in total. The topological polar surface area (TPSA) is 118 Å². The van der Waals surface area contributed by atoms with Crippen LogP contribution in [-0.2, 0) is 7.05 Å². The van der Waals surface area contributed by atoms with E-state index in [1.165, 1.54) is 17.3 Å². The number of aryl methyl sites for hydroxylation is 1. The second-order valence-electron chi connectivity index (χ2n) is 4.95. The standard InChI is InChI=1S/C12H20N6O2/c1-18-11(9(7-14-18)10(13)17-20)16-12(19)15-8-5-3-2-4-6-8/h7-8,20H,2-6H2,1H3,(H2,13,17)(H2,15,16,19). The number of nitrogens with two attached hydrogens (primary N) is 1. The molecule has 1 aliphatic carbocycles. The molecule has 1 aliphatic rings. The van der Waals surface area contributed by atoms with Crippen molar-refractivity contribution in [2.75, 3.05) is 5.32 Å². The highest BCUT2D eigenvalue weighted by Gasteiger charge is 2.18. The molecule has 110 valence electrons. The summed E-state index contributed by atoms with van der Waals surface area (Å²) in [5, 5.41) is 21.3. The van der Waals surface area contributed by atoms with Crippen LogP contribution < -0.4 is 16.4 Å². The molecule has 2 amide bonds. The van der Waals surface area contributed by atoms with Gasteiger partial charge in [-0.25, -0.2) is 4.79 Å². The number of anilines is 1. The molecular formula is C12H20N6O2. The van der Waals surface area contributed by atoms with E-state index >= 15 is 0 Å². The van der Waals surface area contributed by atoms with Crippen LogP contribution in [0, 0.1) is 0 Å². The van der Waals surface area contributed by atoms with Crippen LogP contribution in [0.2, 0.25) is 0 Å². The number of aromatic nitrogens is 2. The first-order valence-corrected chi connectivity index (χ1v) is 6.69. The van der Waals surface area contributed by atoms with E-state index in [-0.39, 0.29) is 17.9 Å². The zero-order valence-electron chi connectivity index (χ0n) is 11.5. The number of nitrogens with zero attached hydrogens (tertiary/aromatic N) is 3. The van der Waals surface area contributed by atoms with Crippen molar-refractivity contribution in [2.45, 2.75) is 38.1 Å². The van der Waals surface area contributed by atoms with E-state index in [0.29, 0.717) is 11.4 Å². The molecular weight excluding hydrogens is 260 g/mol. The van der Waals surface area contributed by atoms with Gasteiger partial charge in [-0.2, -0.15) is 5.10 Å². The van der Waals surface area contributed by atoms with Gasteiger partial charge in [-0.3, -0.25) is 10.00 Å². The fourth-order valence-corrected chi connectivity index (χ4v) is 2.40. The Morgan fingerprint density at radius 3 is 2.85 bits per heavy atom. The third-order valence-electron chi connectivity index (χ3n) is 3.49. The third kappa shape index (κ3) is 3.19. The number of nitrogens with one attached hydrogen (secondary N) is 2. The Labute approximate surface area is 117 Å². The van der Waals surface area contributed by atoms with E-state index < -0.39 is 0 Å². The molecule has 0 aliphatic heterocycles. The number of amides is 2. The summed E-state index contributed by atoms with van der Waals surface area (Å²) in [5.41, 5.74) is 5.93. The van der Waals surface area contributed by atoms with Gasteiger partial charge in [0.05, 0.1) is 11.8 Å². The predicted molar refractivity (Wildman–Crippen MR) is 74.7 cm³/mol. The maximum Gasteiger partial charge on any atom is 0.320 e. The molecule has 1 aromatic heterocycles. The molecule has 1 fully saturated rings. The molecule has 8 heteroatoms. The zero-order valence-corrected chi connectivity index (χ0v) is 11.5. The molecule has 0 unspecified atom stereocenters. The predicted octanol–water partition coefficient (Wildman–Crippen LogP) is 0.969. The van der Waals surface area contributed by atoms with Crippen molar-refractivity contribution in [1.82, 2.24) is 15.1 Å². The zero-order chi connectivity index (χ0) is 14.5. The second kappa shape index (κ2) is 6.27. The molecule has 0 spiro atoms. The lowest BCUT2D eigenvalue weighted by Gasteiger charge is -2.23. The van der Waals surface area contributed by atoms with Crippen molar-refractivity contribution in [3.8, 4) is 0 Å². The van der Waals surface area contributed by atoms with E-state index in [1.807, 2.05) is 0 Å². The first kappa shape index (κ1) is 14.2. The summed E-state index contributed by atoms with van der Waals surface area (Å²) in [7, 11) is 1.67. The van der Waals surface area contributed by atoms with Gasteiger partial charge in [0.25, 0.3) is 0 Å². The van der Waals surface area contributed by atoms with Crippen LogP contribution in [0.3, 0.4) is 0 Å². The summed E-state index contributed by atoms with van der Waals surface area (Å²) in [6.07, 6.45) is 6.97. The van der Waals surface area contributed by atoms with Crippen LogP contribution in [0.1, 0.15) is 37.7 Å². The second-order valence-corrected chi connectivity index (χ2v) is 4.95. The number of amidine groups is 1. The van der Waals surface area contributed by atoms with Crippen molar-refractivity contribution in [1.29, 1.82) is 0 Å². The van der Waals surface area contributed by atoms with Gasteiger partial charge in [0, 0.05) is 13.1 Å². The average molecular weight is 280 g/mol. The molecule has 0 radical (unpaired) electrons. The molecule has 8 nitrogen and oxygen atoms in total. The van der Waals surface area contributed by atoms with Crippen LogP contribution in [0.15, 0.2) is 11.4 Å². The maximum atomic E-state index is 12.0. The number of oxime groups is 1. The summed E-state index contributed by atoms with van der Waals surface area (Å²) in [4.78, 5) is 12.0. The normalized spacial score (nSPS) is 16.9. The quantitative estimate of drug-likeness (QED) is 0.285. The van der Waals surface area contributed by atoms with E-state index in [1.54, 1.807) is 7.05 Å². The fourth-order valence-electron chi connectivity index (χ4n) is 2.40. The Hall–Kier alpha value is -2.25. The lowest BCUT2D eigenvalue weighted by molar-refractivity contribution is 0.244. The van der Waals surface area contributed by atoms with Gasteiger partial charge in [-0.05, 0) is 12.8 Å². The molecule has 0 aromatic carbocycles. The van der Waals surface area contributed by atoms with Crippen LogP contribution in [0.25, 0.3) is 0 Å². The Balaban J connectivity index is 2.02. The molecule has 1 aromatic rings. The lowest BCUT2D eigenvalue weighted by atomic mass is 9.96.